The first kappa shape index (κ1) is 17.5. The predicted molar refractivity (Wildman–Crippen MR) is 104 cm³/mol. The van der Waals surface area contributed by atoms with Crippen molar-refractivity contribution in [3.8, 4) is 0 Å². The van der Waals surface area contributed by atoms with E-state index in [1.807, 2.05) is 12.1 Å². The summed E-state index contributed by atoms with van der Waals surface area (Å²) in [5, 5.41) is 7.79. The van der Waals surface area contributed by atoms with Crippen molar-refractivity contribution in [3.63, 3.8) is 0 Å². The predicted octanol–water partition coefficient (Wildman–Crippen LogP) is 3.23. The van der Waals surface area contributed by atoms with Gasteiger partial charge in [-0.3, -0.25) is 5.01 Å². The summed E-state index contributed by atoms with van der Waals surface area (Å²) in [4.78, 5) is 1.60. The smallest absolute Gasteiger partial charge is 0.103 e. The van der Waals surface area contributed by atoms with Crippen LogP contribution in [0.5, 0.6) is 0 Å². The monoisotopic (exact) mass is 406 g/mol. The minimum Gasteiger partial charge on any atom is -0.328 e. The third-order valence-corrected chi connectivity index (χ3v) is 5.15. The Morgan fingerprint density at radius 1 is 1.08 bits per heavy atom. The quantitative estimate of drug-likeness (QED) is 0.772. The van der Waals surface area contributed by atoms with E-state index in [2.05, 4.69) is 64.3 Å². The molecule has 0 saturated carbocycles. The zero-order chi connectivity index (χ0) is 16.9. The SMILES string of the molecule is C/C(=N/N1CC[NH+](Cc2ccc(Cl)cc2)CC1)c1ccc(Br)cc1. The van der Waals surface area contributed by atoms with Gasteiger partial charge in [0.15, 0.2) is 0 Å². The molecule has 0 aliphatic carbocycles. The van der Waals surface area contributed by atoms with Gasteiger partial charge in [-0.1, -0.05) is 51.8 Å². The molecule has 1 N–H and O–H groups in total. The van der Waals surface area contributed by atoms with Gasteiger partial charge in [-0.25, -0.2) is 0 Å². The molecule has 0 radical (unpaired) electrons. The summed E-state index contributed by atoms with van der Waals surface area (Å²) in [6.07, 6.45) is 0. The second kappa shape index (κ2) is 8.15. The van der Waals surface area contributed by atoms with Gasteiger partial charge in [-0.15, -0.1) is 0 Å². The molecule has 3 rings (SSSR count). The molecule has 0 amide bonds. The van der Waals surface area contributed by atoms with Crippen LogP contribution in [-0.2, 0) is 6.54 Å². The standard InChI is InChI=1S/C19H21BrClN3/c1-15(17-4-6-18(20)7-5-17)22-24-12-10-23(11-13-24)14-16-2-8-19(21)9-3-16/h2-9H,10-14H2,1H3/p+1/b22-15-. The van der Waals surface area contributed by atoms with E-state index in [-0.39, 0.29) is 0 Å². The fourth-order valence-corrected chi connectivity index (χ4v) is 3.33. The number of hydrogen-bond donors (Lipinski definition) is 1. The van der Waals surface area contributed by atoms with Gasteiger partial charge < -0.3 is 4.90 Å². The Labute approximate surface area is 157 Å². The first-order valence-electron chi connectivity index (χ1n) is 8.24. The van der Waals surface area contributed by atoms with Crippen molar-refractivity contribution < 1.29 is 4.90 Å². The largest absolute Gasteiger partial charge is 0.328 e. The Kier molecular flexibility index (Phi) is 5.93. The highest BCUT2D eigenvalue weighted by molar-refractivity contribution is 9.10. The van der Waals surface area contributed by atoms with Gasteiger partial charge in [0.05, 0.1) is 31.9 Å². The fraction of sp³-hybridized carbons (Fsp3) is 0.316. The maximum absolute atomic E-state index is 5.95. The van der Waals surface area contributed by atoms with Crippen molar-refractivity contribution in [2.24, 2.45) is 5.10 Å². The van der Waals surface area contributed by atoms with Crippen LogP contribution in [-0.4, -0.2) is 36.9 Å². The van der Waals surface area contributed by atoms with Gasteiger partial charge in [0, 0.05) is 15.1 Å². The fourth-order valence-electron chi connectivity index (χ4n) is 2.94. The van der Waals surface area contributed by atoms with Crippen molar-refractivity contribution in [1.82, 2.24) is 5.01 Å². The number of hydrazone groups is 1. The lowest BCUT2D eigenvalue weighted by Gasteiger charge is -2.31. The summed E-state index contributed by atoms with van der Waals surface area (Å²) in [5.41, 5.74) is 3.59. The summed E-state index contributed by atoms with van der Waals surface area (Å²) < 4.78 is 1.10. The second-order valence-electron chi connectivity index (χ2n) is 6.20. The molecule has 0 bridgehead atoms. The molecule has 126 valence electrons. The molecule has 1 saturated heterocycles. The van der Waals surface area contributed by atoms with Gasteiger partial charge in [0.2, 0.25) is 0 Å². The third kappa shape index (κ3) is 4.82. The molecule has 2 aromatic rings. The Morgan fingerprint density at radius 3 is 2.33 bits per heavy atom. The number of halogens is 2. The lowest BCUT2D eigenvalue weighted by molar-refractivity contribution is -0.918. The van der Waals surface area contributed by atoms with Crippen molar-refractivity contribution in [3.05, 3.63) is 69.2 Å². The van der Waals surface area contributed by atoms with Crippen molar-refractivity contribution in [2.45, 2.75) is 13.5 Å². The van der Waals surface area contributed by atoms with Crippen LogP contribution in [0.15, 0.2) is 58.1 Å². The van der Waals surface area contributed by atoms with Gasteiger partial charge >= 0.3 is 0 Å². The molecule has 2 aromatic carbocycles. The topological polar surface area (TPSA) is 20.0 Å². The van der Waals surface area contributed by atoms with Crippen LogP contribution in [0.25, 0.3) is 0 Å². The molecular weight excluding hydrogens is 386 g/mol. The number of nitrogens with one attached hydrogen (secondary N) is 1. The summed E-state index contributed by atoms with van der Waals surface area (Å²) >= 11 is 9.42. The molecule has 0 spiro atoms. The van der Waals surface area contributed by atoms with E-state index < -0.39 is 0 Å². The van der Waals surface area contributed by atoms with Crippen LogP contribution in [0.3, 0.4) is 0 Å². The summed E-state index contributed by atoms with van der Waals surface area (Å²) in [6, 6.07) is 16.5. The Bertz CT molecular complexity index is 690. The van der Waals surface area contributed by atoms with E-state index >= 15 is 0 Å². The molecule has 1 aliphatic rings. The number of piperazine rings is 1. The van der Waals surface area contributed by atoms with E-state index in [1.165, 1.54) is 11.1 Å². The molecule has 3 nitrogen and oxygen atoms in total. The molecule has 1 heterocycles. The van der Waals surface area contributed by atoms with E-state index in [9.17, 15) is 0 Å². The molecule has 24 heavy (non-hydrogen) atoms. The lowest BCUT2D eigenvalue weighted by atomic mass is 10.1. The van der Waals surface area contributed by atoms with Crippen LogP contribution in [0.1, 0.15) is 18.1 Å². The Balaban J connectivity index is 1.53. The molecule has 0 atom stereocenters. The van der Waals surface area contributed by atoms with Crippen LogP contribution in [0.4, 0.5) is 0 Å². The molecule has 0 aromatic heterocycles. The first-order valence-corrected chi connectivity index (χ1v) is 9.41. The highest BCUT2D eigenvalue weighted by atomic mass is 79.9. The summed E-state index contributed by atoms with van der Waals surface area (Å²) in [6.45, 7) is 7.35. The van der Waals surface area contributed by atoms with Gasteiger partial charge in [0.25, 0.3) is 0 Å². The van der Waals surface area contributed by atoms with E-state index in [0.29, 0.717) is 0 Å². The molecular formula is C19H22BrClN3+. The first-order chi connectivity index (χ1) is 11.6. The average Bonchev–Trinajstić information content (AvgIpc) is 2.59. The minimum atomic E-state index is 0.802. The third-order valence-electron chi connectivity index (χ3n) is 4.37. The number of benzene rings is 2. The van der Waals surface area contributed by atoms with E-state index in [0.717, 1.165) is 47.9 Å². The zero-order valence-electron chi connectivity index (χ0n) is 13.8. The zero-order valence-corrected chi connectivity index (χ0v) is 16.1. The Morgan fingerprint density at radius 2 is 1.71 bits per heavy atom. The minimum absolute atomic E-state index is 0.802. The maximum atomic E-state index is 5.95. The van der Waals surface area contributed by atoms with Gasteiger partial charge in [-0.2, -0.15) is 5.10 Å². The van der Waals surface area contributed by atoms with Gasteiger partial charge in [0.1, 0.15) is 6.54 Å². The lowest BCUT2D eigenvalue weighted by Crippen LogP contribution is -3.13. The molecule has 1 fully saturated rings. The van der Waals surface area contributed by atoms with Crippen molar-refractivity contribution in [2.75, 3.05) is 26.2 Å². The van der Waals surface area contributed by atoms with Crippen LogP contribution in [0.2, 0.25) is 5.02 Å². The van der Waals surface area contributed by atoms with Crippen LogP contribution < -0.4 is 4.90 Å². The number of nitrogens with zero attached hydrogens (tertiary/aromatic N) is 2. The average molecular weight is 408 g/mol. The summed E-state index contributed by atoms with van der Waals surface area (Å²) in [7, 11) is 0. The highest BCUT2D eigenvalue weighted by Gasteiger charge is 2.19. The summed E-state index contributed by atoms with van der Waals surface area (Å²) in [5.74, 6) is 0. The maximum Gasteiger partial charge on any atom is 0.103 e. The van der Waals surface area contributed by atoms with Crippen molar-refractivity contribution in [1.29, 1.82) is 0 Å². The van der Waals surface area contributed by atoms with Gasteiger partial charge in [-0.05, 0) is 36.8 Å². The molecule has 1 aliphatic heterocycles. The highest BCUT2D eigenvalue weighted by Crippen LogP contribution is 2.12. The number of rotatable bonds is 4. The van der Waals surface area contributed by atoms with E-state index in [4.69, 9.17) is 16.7 Å². The molecule has 0 unspecified atom stereocenters. The Hall–Kier alpha value is -1.36. The second-order valence-corrected chi connectivity index (χ2v) is 7.55. The van der Waals surface area contributed by atoms with Crippen LogP contribution in [0, 0.1) is 0 Å². The normalized spacial score (nSPS) is 16.5. The van der Waals surface area contributed by atoms with Crippen molar-refractivity contribution >= 4 is 33.2 Å². The van der Waals surface area contributed by atoms with E-state index in [1.54, 1.807) is 4.90 Å². The molecule has 5 heteroatoms. The van der Waals surface area contributed by atoms with Crippen LogP contribution >= 0.6 is 27.5 Å². The number of quaternary nitrogens is 1. The number of hydrogen-bond acceptors (Lipinski definition) is 2.